The number of hydrogen-bond acceptors (Lipinski definition) is 7. The van der Waals surface area contributed by atoms with Crippen LogP contribution in [0.4, 0.5) is 5.69 Å². The minimum Gasteiger partial charge on any atom is -0.326 e. The lowest BCUT2D eigenvalue weighted by atomic mass is 10.1. The SMILES string of the molecule is CCN(CC)S(=O)(=O)c1ccc(CCC(=O)Nc2cccc(-n3nnnc3SC)c2)cc1. The van der Waals surface area contributed by atoms with Crippen LogP contribution in [0.25, 0.3) is 5.69 Å². The van der Waals surface area contributed by atoms with Crippen molar-refractivity contribution in [1.29, 1.82) is 0 Å². The molecule has 0 unspecified atom stereocenters. The maximum absolute atomic E-state index is 12.6. The number of sulfonamides is 1. The van der Waals surface area contributed by atoms with Gasteiger partial charge in [-0.15, -0.1) is 5.10 Å². The van der Waals surface area contributed by atoms with Crippen LogP contribution in [0.5, 0.6) is 0 Å². The number of rotatable bonds is 10. The molecular weight excluding hydrogens is 448 g/mol. The van der Waals surface area contributed by atoms with Crippen LogP contribution in [0.2, 0.25) is 0 Å². The molecule has 0 radical (unpaired) electrons. The van der Waals surface area contributed by atoms with Crippen molar-refractivity contribution in [3.8, 4) is 5.69 Å². The van der Waals surface area contributed by atoms with Gasteiger partial charge in [0.05, 0.1) is 10.6 Å². The zero-order chi connectivity index (χ0) is 23.1. The Morgan fingerprint density at radius 2 is 1.84 bits per heavy atom. The molecule has 9 nitrogen and oxygen atoms in total. The summed E-state index contributed by atoms with van der Waals surface area (Å²) in [6.45, 7) is 4.48. The van der Waals surface area contributed by atoms with Crippen LogP contribution in [-0.4, -0.2) is 58.2 Å². The van der Waals surface area contributed by atoms with E-state index in [1.165, 1.54) is 16.1 Å². The van der Waals surface area contributed by atoms with Gasteiger partial charge in [0.2, 0.25) is 21.1 Å². The van der Waals surface area contributed by atoms with Gasteiger partial charge in [0.15, 0.2) is 0 Å². The molecule has 0 saturated carbocycles. The van der Waals surface area contributed by atoms with Crippen molar-refractivity contribution in [2.24, 2.45) is 0 Å². The molecular formula is C21H26N6O3S2. The van der Waals surface area contributed by atoms with Crippen molar-refractivity contribution >= 4 is 33.4 Å². The molecule has 11 heteroatoms. The number of nitrogens with zero attached hydrogens (tertiary/aromatic N) is 5. The topological polar surface area (TPSA) is 110 Å². The Kier molecular flexibility index (Phi) is 7.99. The fraction of sp³-hybridized carbons (Fsp3) is 0.333. The first-order valence-electron chi connectivity index (χ1n) is 10.2. The van der Waals surface area contributed by atoms with Crippen LogP contribution in [0.1, 0.15) is 25.8 Å². The second kappa shape index (κ2) is 10.7. The van der Waals surface area contributed by atoms with E-state index >= 15 is 0 Å². The predicted molar refractivity (Wildman–Crippen MR) is 124 cm³/mol. The maximum atomic E-state index is 12.6. The highest BCUT2D eigenvalue weighted by Crippen LogP contribution is 2.20. The minimum absolute atomic E-state index is 0.135. The third-order valence-corrected chi connectivity index (χ3v) is 7.59. The Bertz CT molecular complexity index is 1160. The minimum atomic E-state index is -3.48. The average Bonchev–Trinajstić information content (AvgIpc) is 3.28. The van der Waals surface area contributed by atoms with Gasteiger partial charge in [0.1, 0.15) is 0 Å². The summed E-state index contributed by atoms with van der Waals surface area (Å²) >= 11 is 1.43. The lowest BCUT2D eigenvalue weighted by molar-refractivity contribution is -0.116. The molecule has 1 amide bonds. The molecule has 0 bridgehead atoms. The Morgan fingerprint density at radius 3 is 2.50 bits per heavy atom. The second-order valence-corrected chi connectivity index (χ2v) is 9.62. The predicted octanol–water partition coefficient (Wildman–Crippen LogP) is 2.99. The van der Waals surface area contributed by atoms with Crippen molar-refractivity contribution < 1.29 is 13.2 Å². The summed E-state index contributed by atoms with van der Waals surface area (Å²) in [4.78, 5) is 12.7. The van der Waals surface area contributed by atoms with Gasteiger partial charge in [-0.05, 0) is 59.0 Å². The number of aromatic nitrogens is 4. The van der Waals surface area contributed by atoms with Crippen molar-refractivity contribution in [2.45, 2.75) is 36.7 Å². The van der Waals surface area contributed by atoms with Crippen molar-refractivity contribution in [3.63, 3.8) is 0 Å². The molecule has 1 N–H and O–H groups in total. The number of tetrazole rings is 1. The Labute approximate surface area is 192 Å². The fourth-order valence-corrected chi connectivity index (χ4v) is 5.10. The summed E-state index contributed by atoms with van der Waals surface area (Å²) in [5.74, 6) is -0.135. The Balaban J connectivity index is 1.60. The van der Waals surface area contributed by atoms with Crippen LogP contribution in [0.15, 0.2) is 58.6 Å². The molecule has 0 aliphatic rings. The number of nitrogens with one attached hydrogen (secondary N) is 1. The molecule has 3 rings (SSSR count). The molecule has 1 aromatic heterocycles. The van der Waals surface area contributed by atoms with Gasteiger partial charge in [0.25, 0.3) is 0 Å². The molecule has 170 valence electrons. The summed E-state index contributed by atoms with van der Waals surface area (Å²) in [5, 5.41) is 15.1. The first kappa shape index (κ1) is 23.9. The van der Waals surface area contributed by atoms with E-state index in [2.05, 4.69) is 20.8 Å². The van der Waals surface area contributed by atoms with Gasteiger partial charge in [-0.3, -0.25) is 4.79 Å². The van der Waals surface area contributed by atoms with E-state index in [0.29, 0.717) is 30.4 Å². The first-order valence-corrected chi connectivity index (χ1v) is 12.9. The summed E-state index contributed by atoms with van der Waals surface area (Å²) in [6.07, 6.45) is 2.66. The van der Waals surface area contributed by atoms with Gasteiger partial charge in [-0.25, -0.2) is 8.42 Å². The zero-order valence-electron chi connectivity index (χ0n) is 18.2. The number of anilines is 1. The molecule has 0 spiro atoms. The highest BCUT2D eigenvalue weighted by molar-refractivity contribution is 7.98. The molecule has 0 atom stereocenters. The second-order valence-electron chi connectivity index (χ2n) is 6.91. The van der Waals surface area contributed by atoms with Gasteiger partial charge in [-0.2, -0.15) is 8.99 Å². The number of aryl methyl sites for hydroxylation is 1. The van der Waals surface area contributed by atoms with Crippen molar-refractivity contribution in [1.82, 2.24) is 24.5 Å². The van der Waals surface area contributed by atoms with Crippen LogP contribution >= 0.6 is 11.8 Å². The Hall–Kier alpha value is -2.76. The molecule has 0 fully saturated rings. The summed E-state index contributed by atoms with van der Waals surface area (Å²) < 4.78 is 28.2. The highest BCUT2D eigenvalue weighted by atomic mass is 32.2. The normalized spacial score (nSPS) is 11.6. The first-order chi connectivity index (χ1) is 15.4. The van der Waals surface area contributed by atoms with E-state index < -0.39 is 10.0 Å². The number of amides is 1. The lowest BCUT2D eigenvalue weighted by Gasteiger charge is -2.18. The van der Waals surface area contributed by atoms with Gasteiger partial charge in [-0.1, -0.05) is 43.8 Å². The van der Waals surface area contributed by atoms with Crippen molar-refractivity contribution in [3.05, 3.63) is 54.1 Å². The lowest BCUT2D eigenvalue weighted by Crippen LogP contribution is -2.30. The fourth-order valence-electron chi connectivity index (χ4n) is 3.21. The molecule has 1 heterocycles. The van der Waals surface area contributed by atoms with E-state index in [4.69, 9.17) is 0 Å². The van der Waals surface area contributed by atoms with Crippen LogP contribution in [0, 0.1) is 0 Å². The van der Waals surface area contributed by atoms with Crippen molar-refractivity contribution in [2.75, 3.05) is 24.7 Å². The molecule has 0 saturated heterocycles. The number of thioether (sulfide) groups is 1. The number of carbonyl (C=O) groups is 1. The standard InChI is InChI=1S/C21H26N6O3S2/c1-4-26(5-2)32(29,30)19-12-9-16(10-13-19)11-14-20(28)22-17-7-6-8-18(15-17)27-21(31-3)23-24-25-27/h6-10,12-13,15H,4-5,11,14H2,1-3H3,(H,22,28). The van der Waals surface area contributed by atoms with Gasteiger partial charge in [0, 0.05) is 25.2 Å². The largest absolute Gasteiger partial charge is 0.326 e. The monoisotopic (exact) mass is 474 g/mol. The van der Waals surface area contributed by atoms with E-state index in [1.54, 1.807) is 41.1 Å². The number of benzene rings is 2. The molecule has 3 aromatic rings. The average molecular weight is 475 g/mol. The van der Waals surface area contributed by atoms with E-state index in [-0.39, 0.29) is 17.2 Å². The van der Waals surface area contributed by atoms with E-state index in [0.717, 1.165) is 11.3 Å². The van der Waals surface area contributed by atoms with Crippen LogP contribution in [-0.2, 0) is 21.2 Å². The highest BCUT2D eigenvalue weighted by Gasteiger charge is 2.21. The van der Waals surface area contributed by atoms with E-state index in [1.807, 2.05) is 32.2 Å². The van der Waals surface area contributed by atoms with Gasteiger partial charge < -0.3 is 5.32 Å². The van der Waals surface area contributed by atoms with Gasteiger partial charge >= 0.3 is 0 Å². The van der Waals surface area contributed by atoms with E-state index in [9.17, 15) is 13.2 Å². The smallest absolute Gasteiger partial charge is 0.243 e. The summed E-state index contributed by atoms with van der Waals surface area (Å²) in [5.41, 5.74) is 2.29. The maximum Gasteiger partial charge on any atom is 0.243 e. The number of carbonyl (C=O) groups excluding carboxylic acids is 1. The quantitative estimate of drug-likeness (QED) is 0.450. The zero-order valence-corrected chi connectivity index (χ0v) is 19.9. The molecule has 2 aromatic carbocycles. The summed E-state index contributed by atoms with van der Waals surface area (Å²) in [6, 6.07) is 14.0. The Morgan fingerprint density at radius 1 is 1.12 bits per heavy atom. The third kappa shape index (κ3) is 5.53. The summed E-state index contributed by atoms with van der Waals surface area (Å²) in [7, 11) is -3.48. The third-order valence-electron chi connectivity index (χ3n) is 4.91. The number of hydrogen-bond donors (Lipinski definition) is 1. The van der Waals surface area contributed by atoms with Crippen LogP contribution < -0.4 is 5.32 Å². The van der Waals surface area contributed by atoms with Crippen LogP contribution in [0.3, 0.4) is 0 Å². The molecule has 0 aliphatic heterocycles. The molecule has 32 heavy (non-hydrogen) atoms. The molecule has 0 aliphatic carbocycles.